The van der Waals surface area contributed by atoms with E-state index in [1.54, 1.807) is 0 Å². The molecule has 106 heavy (non-hydrogen) atoms. The van der Waals surface area contributed by atoms with Gasteiger partial charge in [0.05, 0.1) is 33.4 Å². The number of aromatic nitrogens is 2. The largest absolute Gasteiger partial charge is 0.310 e. The number of aryl methyl sites for hydroxylation is 1. The fourth-order valence-corrected chi connectivity index (χ4v) is 17.3. The second kappa shape index (κ2) is 26.3. The lowest BCUT2D eigenvalue weighted by Crippen LogP contribution is -2.61. The average Bonchev–Trinajstić information content (AvgIpc) is 0.832. The Balaban J connectivity index is 1.03. The van der Waals surface area contributed by atoms with Crippen molar-refractivity contribution in [2.24, 2.45) is 0 Å². The molecule has 524 valence electrons. The van der Waals surface area contributed by atoms with Gasteiger partial charge in [-0.2, -0.15) is 0 Å². The Labute approximate surface area is 628 Å². The van der Waals surface area contributed by atoms with E-state index in [0.717, 1.165) is 35.6 Å². The van der Waals surface area contributed by atoms with Crippen molar-refractivity contribution in [1.82, 2.24) is 9.13 Å². The van der Waals surface area contributed by atoms with Gasteiger partial charge >= 0.3 is 0 Å². The van der Waals surface area contributed by atoms with Crippen molar-refractivity contribution in [2.45, 2.75) is 150 Å². The number of para-hydroxylation sites is 2. The van der Waals surface area contributed by atoms with E-state index >= 15 is 0 Å². The predicted octanol–water partition coefficient (Wildman–Crippen LogP) is 26.3. The Bertz CT molecular complexity index is 5280. The van der Waals surface area contributed by atoms with Crippen molar-refractivity contribution in [3.63, 3.8) is 0 Å². The van der Waals surface area contributed by atoms with Crippen LogP contribution in [0, 0.1) is 0 Å². The second-order valence-corrected chi connectivity index (χ2v) is 34.3. The summed E-state index contributed by atoms with van der Waals surface area (Å²) in [5, 5.41) is 5.10. The SMILES string of the molecule is CCCCCCCc1cc2c3c(c1)N(c1c(-c4ccccc4)cccc1-c1ccccc1)c1cc(-n4c5ccc(C(C)(C)C)cc5c5cc(C(C)(C)C)ccc54)ccc1B3c1ccc(-n3c4ccc(C(C)(C)C)cc4c4cc(C(C)(C)C)ccc43)cc1N2c1c(-c2ccccc2)cccc1-c1ccccc1. The van der Waals surface area contributed by atoms with Gasteiger partial charge in [-0.1, -0.05) is 310 Å². The molecule has 0 unspecified atom stereocenters. The van der Waals surface area contributed by atoms with Crippen molar-refractivity contribution in [1.29, 1.82) is 0 Å². The van der Waals surface area contributed by atoms with Gasteiger partial charge in [0.1, 0.15) is 0 Å². The summed E-state index contributed by atoms with van der Waals surface area (Å²) in [5.41, 5.74) is 33.7. The highest BCUT2D eigenvalue weighted by Crippen LogP contribution is 2.54. The molecule has 0 fully saturated rings. The minimum absolute atomic E-state index is 0.0467. The first kappa shape index (κ1) is 68.2. The Morgan fingerprint density at radius 3 is 0.896 bits per heavy atom. The molecule has 0 spiro atoms. The molecule has 4 heterocycles. The number of hydrogen-bond donors (Lipinski definition) is 0. The van der Waals surface area contributed by atoms with Crippen LogP contribution in [0.2, 0.25) is 0 Å². The van der Waals surface area contributed by atoms with E-state index in [2.05, 4.69) is 388 Å². The summed E-state index contributed by atoms with van der Waals surface area (Å²) in [6.07, 6.45) is 6.82. The van der Waals surface area contributed by atoms with Crippen LogP contribution in [-0.4, -0.2) is 15.8 Å². The van der Waals surface area contributed by atoms with Crippen LogP contribution in [0.5, 0.6) is 0 Å². The number of fused-ring (bicyclic) bond motifs is 10. The molecule has 17 rings (SSSR count). The van der Waals surface area contributed by atoms with Gasteiger partial charge in [-0.25, -0.2) is 0 Å². The van der Waals surface area contributed by atoms with Crippen LogP contribution in [0.4, 0.5) is 34.1 Å². The van der Waals surface area contributed by atoms with Crippen LogP contribution in [0.1, 0.15) is 150 Å². The van der Waals surface area contributed by atoms with Crippen LogP contribution in [-0.2, 0) is 28.1 Å². The van der Waals surface area contributed by atoms with E-state index in [1.165, 1.54) is 181 Å². The number of hydrogen-bond acceptors (Lipinski definition) is 2. The van der Waals surface area contributed by atoms with Gasteiger partial charge in [0.25, 0.3) is 6.71 Å². The maximum Gasteiger partial charge on any atom is 0.252 e. The van der Waals surface area contributed by atoms with Gasteiger partial charge in [-0.05, 0) is 186 Å². The predicted molar refractivity (Wildman–Crippen MR) is 458 cm³/mol. The first-order chi connectivity index (χ1) is 51.1. The minimum atomic E-state index is -0.207. The van der Waals surface area contributed by atoms with Crippen LogP contribution < -0.4 is 26.2 Å². The maximum atomic E-state index is 2.75. The molecule has 0 bridgehead atoms. The third kappa shape index (κ3) is 11.9. The molecule has 0 N–H and O–H groups in total. The summed E-state index contributed by atoms with van der Waals surface area (Å²) in [7, 11) is 0. The van der Waals surface area contributed by atoms with Crippen molar-refractivity contribution in [3.8, 4) is 55.9 Å². The standard InChI is InChI=1S/C101H97BN4/c1-14-15-16-17-22-33-66-58-93-95-94(59-66)106(97-79(69-38-27-20-28-39-69)44-32-45-80(97)70-40-29-21-30-41-70)92-65-76(104-89-56-48-73(100(8,9)10)62-83(89)84-63-74(101(11,12)13)49-57-90(84)104)51-53-86(92)102(95)85-52-50-75(103-87-54-46-71(98(2,3)4)60-81(87)82-61-72(99(5,6)7)47-55-88(82)103)64-91(85)105(93)96-77(67-34-23-18-24-35-67)42-31-43-78(96)68-36-25-19-26-37-68/h18-21,23-32,34-65H,14-17,22,33H2,1-13H3. The molecule has 2 aromatic heterocycles. The topological polar surface area (TPSA) is 16.3 Å². The van der Waals surface area contributed by atoms with Crippen LogP contribution in [0.3, 0.4) is 0 Å². The molecule has 0 saturated heterocycles. The molecule has 2 aliphatic rings. The third-order valence-corrected chi connectivity index (χ3v) is 23.0. The van der Waals surface area contributed by atoms with Crippen LogP contribution in [0.15, 0.2) is 279 Å². The number of unbranched alkanes of at least 4 members (excludes halogenated alkanes) is 4. The summed E-state index contributed by atoms with van der Waals surface area (Å²) < 4.78 is 5.15. The van der Waals surface area contributed by atoms with Gasteiger partial charge in [0.15, 0.2) is 0 Å². The van der Waals surface area contributed by atoms with Crippen molar-refractivity contribution in [3.05, 3.63) is 307 Å². The smallest absolute Gasteiger partial charge is 0.252 e. The van der Waals surface area contributed by atoms with Gasteiger partial charge < -0.3 is 18.9 Å². The highest BCUT2D eigenvalue weighted by molar-refractivity contribution is 7.00. The van der Waals surface area contributed by atoms with E-state index in [-0.39, 0.29) is 28.4 Å². The van der Waals surface area contributed by atoms with E-state index in [1.807, 2.05) is 0 Å². The quantitative estimate of drug-likeness (QED) is 0.0797. The molecule has 0 saturated carbocycles. The highest BCUT2D eigenvalue weighted by Gasteiger charge is 2.46. The van der Waals surface area contributed by atoms with Crippen molar-refractivity contribution in [2.75, 3.05) is 9.80 Å². The number of benzene rings is 13. The summed E-state index contributed by atoms with van der Waals surface area (Å²) in [5.74, 6) is 0. The fraction of sp³-hybridized carbons (Fsp3) is 0.228. The molecule has 15 aromatic rings. The normalized spacial score (nSPS) is 13.1. The second-order valence-electron chi connectivity index (χ2n) is 34.3. The summed E-state index contributed by atoms with van der Waals surface area (Å²) in [6.45, 7) is 30.2. The van der Waals surface area contributed by atoms with Crippen LogP contribution in [0.25, 0.3) is 99.5 Å². The fourth-order valence-electron chi connectivity index (χ4n) is 17.3. The maximum absolute atomic E-state index is 2.75. The molecule has 5 heteroatoms. The number of rotatable bonds is 14. The zero-order valence-corrected chi connectivity index (χ0v) is 64.2. The van der Waals surface area contributed by atoms with Gasteiger partial charge in [0.2, 0.25) is 0 Å². The molecule has 4 nitrogen and oxygen atoms in total. The Morgan fingerprint density at radius 1 is 0.283 bits per heavy atom. The lowest BCUT2D eigenvalue weighted by Gasteiger charge is -2.46. The van der Waals surface area contributed by atoms with E-state index in [0.29, 0.717) is 0 Å². The molecule has 0 radical (unpaired) electrons. The Hall–Kier alpha value is -10.9. The van der Waals surface area contributed by atoms with Crippen molar-refractivity contribution >= 4 is 101 Å². The lowest BCUT2D eigenvalue weighted by molar-refractivity contribution is 0.590. The number of anilines is 6. The third-order valence-electron chi connectivity index (χ3n) is 23.0. The van der Waals surface area contributed by atoms with Gasteiger partial charge in [-0.3, -0.25) is 0 Å². The molecule has 0 amide bonds. The van der Waals surface area contributed by atoms with E-state index < -0.39 is 0 Å². The summed E-state index contributed by atoms with van der Waals surface area (Å²) >= 11 is 0. The van der Waals surface area contributed by atoms with E-state index in [9.17, 15) is 0 Å². The monoisotopic (exact) mass is 1380 g/mol. The minimum Gasteiger partial charge on any atom is -0.310 e. The van der Waals surface area contributed by atoms with Gasteiger partial charge in [-0.15, -0.1) is 0 Å². The highest BCUT2D eigenvalue weighted by atomic mass is 15.2. The number of nitrogens with zero attached hydrogens (tertiary/aromatic N) is 4. The molecular weight excluding hydrogens is 1280 g/mol. The van der Waals surface area contributed by atoms with Crippen LogP contribution >= 0.6 is 0 Å². The molecule has 0 aliphatic carbocycles. The summed E-state index contributed by atoms with van der Waals surface area (Å²) in [6, 6.07) is 108. The molecule has 2 aliphatic heterocycles. The van der Waals surface area contributed by atoms with E-state index in [4.69, 9.17) is 0 Å². The van der Waals surface area contributed by atoms with Crippen molar-refractivity contribution < 1.29 is 0 Å². The molecule has 0 atom stereocenters. The first-order valence-corrected chi connectivity index (χ1v) is 38.8. The zero-order chi connectivity index (χ0) is 73.1. The average molecular weight is 1380 g/mol. The first-order valence-electron chi connectivity index (χ1n) is 38.8. The Kier molecular flexibility index (Phi) is 16.9. The Morgan fingerprint density at radius 2 is 0.594 bits per heavy atom. The molecule has 13 aromatic carbocycles. The molecular formula is C101H97BN4. The lowest BCUT2D eigenvalue weighted by atomic mass is 9.33. The zero-order valence-electron chi connectivity index (χ0n) is 64.2. The summed E-state index contributed by atoms with van der Waals surface area (Å²) in [4.78, 5) is 5.49. The van der Waals surface area contributed by atoms with Gasteiger partial charge in [0, 0.05) is 77.9 Å².